The highest BCUT2D eigenvalue weighted by molar-refractivity contribution is 9.10. The Kier molecular flexibility index (Phi) is 2.76. The Bertz CT molecular complexity index is 248. The van der Waals surface area contributed by atoms with Gasteiger partial charge in [0.05, 0.1) is 11.1 Å². The lowest BCUT2D eigenvalue weighted by molar-refractivity contribution is 0.337. The molecule has 0 aliphatic rings. The molecule has 2 nitrogen and oxygen atoms in total. The molecule has 0 aliphatic carbocycles. The molecule has 0 aliphatic heterocycles. The lowest BCUT2D eigenvalue weighted by atomic mass is 10.3. The molecule has 0 amide bonds. The Morgan fingerprint density at radius 3 is 2.82 bits per heavy atom. The zero-order valence-corrected chi connectivity index (χ0v) is 7.76. The van der Waals surface area contributed by atoms with Crippen molar-refractivity contribution in [1.82, 2.24) is 0 Å². The van der Waals surface area contributed by atoms with E-state index < -0.39 is 0 Å². The van der Waals surface area contributed by atoms with Crippen LogP contribution in [0.15, 0.2) is 22.7 Å². The van der Waals surface area contributed by atoms with Gasteiger partial charge in [0.2, 0.25) is 0 Å². The summed E-state index contributed by atoms with van der Waals surface area (Å²) in [4.78, 5) is 0. The minimum Gasteiger partial charge on any atom is -0.508 e. The summed E-state index contributed by atoms with van der Waals surface area (Å²) < 4.78 is 6.01. The van der Waals surface area contributed by atoms with E-state index in [2.05, 4.69) is 15.9 Å². The molecular weight excluding hydrogens is 208 g/mol. The van der Waals surface area contributed by atoms with Crippen molar-refractivity contribution in [3.05, 3.63) is 22.7 Å². The Labute approximate surface area is 73.9 Å². The van der Waals surface area contributed by atoms with Gasteiger partial charge in [-0.1, -0.05) is 0 Å². The Hall–Kier alpha value is -0.700. The first-order valence-corrected chi connectivity index (χ1v) is 4.14. The molecule has 0 unspecified atom stereocenters. The number of rotatable bonds is 2. The molecule has 1 rings (SSSR count). The first-order chi connectivity index (χ1) is 5.24. The largest absolute Gasteiger partial charge is 0.508 e. The van der Waals surface area contributed by atoms with E-state index in [1.807, 2.05) is 6.92 Å². The van der Waals surface area contributed by atoms with Crippen LogP contribution in [0.5, 0.6) is 11.5 Å². The van der Waals surface area contributed by atoms with Gasteiger partial charge in [-0.25, -0.2) is 0 Å². The fraction of sp³-hybridized carbons (Fsp3) is 0.250. The Morgan fingerprint density at radius 2 is 2.27 bits per heavy atom. The second kappa shape index (κ2) is 3.62. The average Bonchev–Trinajstić information content (AvgIpc) is 1.95. The summed E-state index contributed by atoms with van der Waals surface area (Å²) >= 11 is 3.26. The van der Waals surface area contributed by atoms with Gasteiger partial charge < -0.3 is 9.84 Å². The fourth-order valence-corrected chi connectivity index (χ4v) is 1.24. The molecule has 0 fully saturated rings. The summed E-state index contributed by atoms with van der Waals surface area (Å²) in [6, 6.07) is 4.92. The summed E-state index contributed by atoms with van der Waals surface area (Å²) in [7, 11) is 0. The first-order valence-electron chi connectivity index (χ1n) is 3.35. The van der Waals surface area contributed by atoms with Crippen LogP contribution in [0.3, 0.4) is 0 Å². The van der Waals surface area contributed by atoms with Gasteiger partial charge in [0.1, 0.15) is 11.5 Å². The highest BCUT2D eigenvalue weighted by Gasteiger charge is 1.99. The lowest BCUT2D eigenvalue weighted by Gasteiger charge is -2.04. The minimum absolute atomic E-state index is 0.236. The van der Waals surface area contributed by atoms with Gasteiger partial charge in [0, 0.05) is 0 Å². The quantitative estimate of drug-likeness (QED) is 0.824. The van der Waals surface area contributed by atoms with E-state index in [1.54, 1.807) is 18.2 Å². The van der Waals surface area contributed by atoms with Crippen LogP contribution < -0.4 is 4.74 Å². The van der Waals surface area contributed by atoms with Crippen LogP contribution in [0.4, 0.5) is 0 Å². The normalized spacial score (nSPS) is 9.64. The van der Waals surface area contributed by atoms with Crippen molar-refractivity contribution < 1.29 is 9.84 Å². The van der Waals surface area contributed by atoms with Crippen LogP contribution in [-0.2, 0) is 0 Å². The molecular formula is C8H9BrO2. The van der Waals surface area contributed by atoms with Crippen LogP contribution >= 0.6 is 15.9 Å². The van der Waals surface area contributed by atoms with Crippen LogP contribution in [-0.4, -0.2) is 11.7 Å². The van der Waals surface area contributed by atoms with E-state index in [4.69, 9.17) is 9.84 Å². The molecule has 0 radical (unpaired) electrons. The predicted octanol–water partition coefficient (Wildman–Crippen LogP) is 2.55. The topological polar surface area (TPSA) is 29.5 Å². The first kappa shape index (κ1) is 8.40. The number of ether oxygens (including phenoxy) is 1. The maximum Gasteiger partial charge on any atom is 0.133 e. The minimum atomic E-state index is 0.236. The zero-order valence-electron chi connectivity index (χ0n) is 6.17. The smallest absolute Gasteiger partial charge is 0.133 e. The van der Waals surface area contributed by atoms with E-state index in [0.717, 1.165) is 10.2 Å². The van der Waals surface area contributed by atoms with Gasteiger partial charge in [0.25, 0.3) is 0 Å². The van der Waals surface area contributed by atoms with Crippen molar-refractivity contribution in [2.24, 2.45) is 0 Å². The van der Waals surface area contributed by atoms with Gasteiger partial charge in [0.15, 0.2) is 0 Å². The third-order valence-corrected chi connectivity index (χ3v) is 1.84. The van der Waals surface area contributed by atoms with Gasteiger partial charge in [-0.05, 0) is 41.1 Å². The van der Waals surface area contributed by atoms with Crippen molar-refractivity contribution in [3.8, 4) is 11.5 Å². The molecule has 60 valence electrons. The molecule has 0 saturated carbocycles. The SMILES string of the molecule is CCOc1ccc(O)cc1Br. The number of halogens is 1. The lowest BCUT2D eigenvalue weighted by Crippen LogP contribution is -1.91. The predicted molar refractivity (Wildman–Crippen MR) is 47.0 cm³/mol. The Balaban J connectivity index is 2.90. The Morgan fingerprint density at radius 1 is 1.55 bits per heavy atom. The van der Waals surface area contributed by atoms with Crippen LogP contribution in [0.1, 0.15) is 6.92 Å². The fourth-order valence-electron chi connectivity index (χ4n) is 0.762. The molecule has 0 aromatic heterocycles. The zero-order chi connectivity index (χ0) is 8.27. The van der Waals surface area contributed by atoms with Gasteiger partial charge in [-0.15, -0.1) is 0 Å². The molecule has 11 heavy (non-hydrogen) atoms. The van der Waals surface area contributed by atoms with Gasteiger partial charge in [-0.2, -0.15) is 0 Å². The number of hydrogen-bond acceptors (Lipinski definition) is 2. The van der Waals surface area contributed by atoms with Crippen molar-refractivity contribution in [2.45, 2.75) is 6.92 Å². The van der Waals surface area contributed by atoms with E-state index in [-0.39, 0.29) is 5.75 Å². The summed E-state index contributed by atoms with van der Waals surface area (Å²) in [6.45, 7) is 2.54. The van der Waals surface area contributed by atoms with Crippen molar-refractivity contribution in [3.63, 3.8) is 0 Å². The maximum absolute atomic E-state index is 9.02. The number of hydrogen-bond donors (Lipinski definition) is 1. The molecule has 1 aromatic carbocycles. The average molecular weight is 217 g/mol. The molecule has 3 heteroatoms. The van der Waals surface area contributed by atoms with E-state index in [0.29, 0.717) is 6.61 Å². The molecule has 0 spiro atoms. The number of aromatic hydroxyl groups is 1. The summed E-state index contributed by atoms with van der Waals surface area (Å²) in [5, 5.41) is 9.02. The summed E-state index contributed by atoms with van der Waals surface area (Å²) in [5.41, 5.74) is 0. The summed E-state index contributed by atoms with van der Waals surface area (Å²) in [6.07, 6.45) is 0. The van der Waals surface area contributed by atoms with Crippen LogP contribution in [0, 0.1) is 0 Å². The second-order valence-corrected chi connectivity index (χ2v) is 2.90. The standard InChI is InChI=1S/C8H9BrO2/c1-2-11-8-4-3-6(10)5-7(8)9/h3-5,10H,2H2,1H3. The van der Waals surface area contributed by atoms with Crippen LogP contribution in [0.2, 0.25) is 0 Å². The third-order valence-electron chi connectivity index (χ3n) is 1.22. The van der Waals surface area contributed by atoms with Gasteiger partial charge in [-0.3, -0.25) is 0 Å². The molecule has 1 aromatic rings. The number of phenolic OH excluding ortho intramolecular Hbond substituents is 1. The molecule has 0 heterocycles. The van der Waals surface area contributed by atoms with E-state index in [9.17, 15) is 0 Å². The van der Waals surface area contributed by atoms with Crippen molar-refractivity contribution in [1.29, 1.82) is 0 Å². The monoisotopic (exact) mass is 216 g/mol. The molecule has 0 saturated heterocycles. The molecule has 0 bridgehead atoms. The van der Waals surface area contributed by atoms with E-state index >= 15 is 0 Å². The summed E-state index contributed by atoms with van der Waals surface area (Å²) in [5.74, 6) is 0.991. The van der Waals surface area contributed by atoms with Crippen molar-refractivity contribution >= 4 is 15.9 Å². The van der Waals surface area contributed by atoms with Crippen molar-refractivity contribution in [2.75, 3.05) is 6.61 Å². The number of phenols is 1. The third kappa shape index (κ3) is 2.12. The van der Waals surface area contributed by atoms with Crippen LogP contribution in [0.25, 0.3) is 0 Å². The second-order valence-electron chi connectivity index (χ2n) is 2.05. The molecule has 0 atom stereocenters. The van der Waals surface area contributed by atoms with Gasteiger partial charge >= 0.3 is 0 Å². The highest BCUT2D eigenvalue weighted by Crippen LogP contribution is 2.28. The highest BCUT2D eigenvalue weighted by atomic mass is 79.9. The van der Waals surface area contributed by atoms with E-state index in [1.165, 1.54) is 0 Å². The number of benzene rings is 1. The maximum atomic E-state index is 9.02. The molecule has 1 N–H and O–H groups in total.